The molecule has 7 heteroatoms. The number of nitrogens with one attached hydrogen (secondary N) is 1. The molecule has 1 aliphatic heterocycles. The molecule has 3 aromatic rings. The van der Waals surface area contributed by atoms with E-state index in [0.29, 0.717) is 30.9 Å². The molecule has 1 aliphatic carbocycles. The second-order valence-electron chi connectivity index (χ2n) is 9.22. The van der Waals surface area contributed by atoms with E-state index in [0.717, 1.165) is 41.8 Å². The molecule has 1 saturated heterocycles. The van der Waals surface area contributed by atoms with Gasteiger partial charge in [-0.05, 0) is 62.9 Å². The van der Waals surface area contributed by atoms with Gasteiger partial charge in [-0.25, -0.2) is 4.68 Å². The summed E-state index contributed by atoms with van der Waals surface area (Å²) in [6.45, 7) is 5.55. The lowest BCUT2D eigenvalue weighted by Crippen LogP contribution is -2.48. The molecule has 2 aromatic carbocycles. The normalized spacial score (nSPS) is 19.6. The number of benzene rings is 2. The maximum Gasteiger partial charge on any atom is 0.272 e. The van der Waals surface area contributed by atoms with Gasteiger partial charge < -0.3 is 15.0 Å². The van der Waals surface area contributed by atoms with Crippen LogP contribution in [0.15, 0.2) is 54.6 Å². The zero-order chi connectivity index (χ0) is 23.7. The van der Waals surface area contributed by atoms with Gasteiger partial charge in [0.25, 0.3) is 11.8 Å². The lowest BCUT2D eigenvalue weighted by molar-refractivity contribution is -0.0586. The third kappa shape index (κ3) is 4.48. The highest BCUT2D eigenvalue weighted by Gasteiger charge is 2.28. The van der Waals surface area contributed by atoms with Crippen LogP contribution in [-0.2, 0) is 24.1 Å². The second kappa shape index (κ2) is 9.43. The van der Waals surface area contributed by atoms with Crippen molar-refractivity contribution in [2.45, 2.75) is 51.9 Å². The van der Waals surface area contributed by atoms with Crippen molar-refractivity contribution in [3.63, 3.8) is 0 Å². The molecule has 2 amide bonds. The molecule has 176 valence electrons. The average Bonchev–Trinajstić information content (AvgIpc) is 3.45. The summed E-state index contributed by atoms with van der Waals surface area (Å²) in [6.07, 6.45) is 2.92. The molecule has 2 heterocycles. The Morgan fingerprint density at radius 1 is 1.00 bits per heavy atom. The number of aromatic nitrogens is 2. The molecular weight excluding hydrogens is 428 g/mol. The molecule has 1 fully saturated rings. The summed E-state index contributed by atoms with van der Waals surface area (Å²) in [5.74, 6) is -0.149. The maximum atomic E-state index is 13.0. The summed E-state index contributed by atoms with van der Waals surface area (Å²) in [5, 5.41) is 7.67. The highest BCUT2D eigenvalue weighted by Crippen LogP contribution is 2.27. The van der Waals surface area contributed by atoms with Gasteiger partial charge in [0.05, 0.1) is 17.9 Å². The van der Waals surface area contributed by atoms with E-state index < -0.39 is 0 Å². The van der Waals surface area contributed by atoms with Crippen molar-refractivity contribution in [1.29, 1.82) is 0 Å². The fraction of sp³-hybridized carbons (Fsp3) is 0.370. The molecule has 1 N–H and O–H groups in total. The highest BCUT2D eigenvalue weighted by molar-refractivity contribution is 5.95. The molecule has 2 aliphatic rings. The predicted molar refractivity (Wildman–Crippen MR) is 129 cm³/mol. The van der Waals surface area contributed by atoms with Crippen molar-refractivity contribution in [3.8, 4) is 5.69 Å². The Bertz CT molecular complexity index is 1180. The summed E-state index contributed by atoms with van der Waals surface area (Å²) in [6, 6.07) is 17.4. The van der Waals surface area contributed by atoms with Gasteiger partial charge in [0.2, 0.25) is 0 Å². The van der Waals surface area contributed by atoms with Crippen molar-refractivity contribution in [2.75, 3.05) is 13.1 Å². The lowest BCUT2D eigenvalue weighted by atomic mass is 10.1. The van der Waals surface area contributed by atoms with Gasteiger partial charge in [-0.15, -0.1) is 0 Å². The standard InChI is InChI=1S/C27H30N4O3/c1-18-16-30(17-19(2)34-18)27(33)21-13-11-20(12-14-21)15-28-26(32)25-23-9-6-10-24(23)31(29-25)22-7-4-3-5-8-22/h3-5,7-8,11-14,18-19H,6,9-10,15-17H2,1-2H3,(H,28,32). The number of nitrogens with zero attached hydrogens (tertiary/aromatic N) is 3. The van der Waals surface area contributed by atoms with Crippen molar-refractivity contribution in [3.05, 3.63) is 82.7 Å². The summed E-state index contributed by atoms with van der Waals surface area (Å²) < 4.78 is 7.63. The minimum Gasteiger partial charge on any atom is -0.372 e. The Hall–Kier alpha value is -3.45. The Morgan fingerprint density at radius 3 is 2.41 bits per heavy atom. The molecule has 0 bridgehead atoms. The van der Waals surface area contributed by atoms with Crippen LogP contribution in [0.4, 0.5) is 0 Å². The Labute approximate surface area is 199 Å². The van der Waals surface area contributed by atoms with Gasteiger partial charge >= 0.3 is 0 Å². The Morgan fingerprint density at radius 2 is 1.71 bits per heavy atom. The molecule has 2 unspecified atom stereocenters. The maximum absolute atomic E-state index is 13.0. The van der Waals surface area contributed by atoms with Crippen LogP contribution in [-0.4, -0.2) is 51.8 Å². The third-order valence-electron chi connectivity index (χ3n) is 6.51. The lowest BCUT2D eigenvalue weighted by Gasteiger charge is -2.35. The molecule has 34 heavy (non-hydrogen) atoms. The number of rotatable bonds is 5. The summed E-state index contributed by atoms with van der Waals surface area (Å²) in [7, 11) is 0. The molecule has 0 spiro atoms. The SMILES string of the molecule is CC1CN(C(=O)c2ccc(CNC(=O)c3nn(-c4ccccc4)c4c3CCC4)cc2)CC(C)O1. The monoisotopic (exact) mass is 458 g/mol. The number of carbonyl (C=O) groups is 2. The van der Waals surface area contributed by atoms with E-state index in [1.165, 1.54) is 0 Å². The first-order chi connectivity index (χ1) is 16.5. The molecule has 2 atom stereocenters. The predicted octanol–water partition coefficient (Wildman–Crippen LogP) is 3.54. The number of carbonyl (C=O) groups excluding carboxylic acids is 2. The van der Waals surface area contributed by atoms with Crippen LogP contribution in [0.2, 0.25) is 0 Å². The van der Waals surface area contributed by atoms with E-state index in [-0.39, 0.29) is 24.0 Å². The van der Waals surface area contributed by atoms with Crippen LogP contribution in [0, 0.1) is 0 Å². The minimum absolute atomic E-state index is 0.0135. The first-order valence-corrected chi connectivity index (χ1v) is 12.0. The fourth-order valence-corrected chi connectivity index (χ4v) is 4.96. The van der Waals surface area contributed by atoms with Crippen LogP contribution < -0.4 is 5.32 Å². The van der Waals surface area contributed by atoms with Crippen molar-refractivity contribution in [1.82, 2.24) is 20.0 Å². The van der Waals surface area contributed by atoms with Crippen molar-refractivity contribution in [2.24, 2.45) is 0 Å². The van der Waals surface area contributed by atoms with Crippen LogP contribution >= 0.6 is 0 Å². The second-order valence-corrected chi connectivity index (χ2v) is 9.22. The first-order valence-electron chi connectivity index (χ1n) is 12.0. The van der Waals surface area contributed by atoms with E-state index in [2.05, 4.69) is 10.4 Å². The number of para-hydroxylation sites is 1. The van der Waals surface area contributed by atoms with Crippen molar-refractivity contribution >= 4 is 11.8 Å². The molecule has 7 nitrogen and oxygen atoms in total. The van der Waals surface area contributed by atoms with E-state index in [9.17, 15) is 9.59 Å². The first kappa shape index (κ1) is 22.3. The fourth-order valence-electron chi connectivity index (χ4n) is 4.96. The van der Waals surface area contributed by atoms with Gasteiger partial charge in [0.15, 0.2) is 5.69 Å². The number of hydrogen-bond donors (Lipinski definition) is 1. The summed E-state index contributed by atoms with van der Waals surface area (Å²) in [4.78, 5) is 27.7. The van der Waals surface area contributed by atoms with E-state index in [1.807, 2.05) is 78.0 Å². The van der Waals surface area contributed by atoms with Gasteiger partial charge in [-0.3, -0.25) is 9.59 Å². The number of amides is 2. The van der Waals surface area contributed by atoms with E-state index in [4.69, 9.17) is 4.74 Å². The average molecular weight is 459 g/mol. The molecule has 0 radical (unpaired) electrons. The third-order valence-corrected chi connectivity index (χ3v) is 6.51. The zero-order valence-electron chi connectivity index (χ0n) is 19.7. The molecule has 0 saturated carbocycles. The Balaban J connectivity index is 1.25. The number of ether oxygens (including phenoxy) is 1. The van der Waals surface area contributed by atoms with E-state index in [1.54, 1.807) is 0 Å². The van der Waals surface area contributed by atoms with Gasteiger partial charge in [0, 0.05) is 36.5 Å². The summed E-state index contributed by atoms with van der Waals surface area (Å²) >= 11 is 0. The topological polar surface area (TPSA) is 76.5 Å². The van der Waals surface area contributed by atoms with Crippen LogP contribution in [0.25, 0.3) is 5.69 Å². The van der Waals surface area contributed by atoms with Gasteiger partial charge in [-0.2, -0.15) is 5.10 Å². The van der Waals surface area contributed by atoms with Crippen LogP contribution in [0.5, 0.6) is 0 Å². The Kier molecular flexibility index (Phi) is 6.20. The number of fused-ring (bicyclic) bond motifs is 1. The molecule has 5 rings (SSSR count). The van der Waals surface area contributed by atoms with Crippen LogP contribution in [0.3, 0.4) is 0 Å². The van der Waals surface area contributed by atoms with Gasteiger partial charge in [0.1, 0.15) is 0 Å². The van der Waals surface area contributed by atoms with Crippen molar-refractivity contribution < 1.29 is 14.3 Å². The van der Waals surface area contributed by atoms with E-state index >= 15 is 0 Å². The van der Waals surface area contributed by atoms with Gasteiger partial charge in [-0.1, -0.05) is 30.3 Å². The number of morpholine rings is 1. The largest absolute Gasteiger partial charge is 0.372 e. The quantitative estimate of drug-likeness (QED) is 0.635. The number of hydrogen-bond acceptors (Lipinski definition) is 4. The molecular formula is C27H30N4O3. The van der Waals surface area contributed by atoms with Crippen LogP contribution in [0.1, 0.15) is 57.9 Å². The zero-order valence-corrected chi connectivity index (χ0v) is 19.7. The molecule has 1 aromatic heterocycles. The smallest absolute Gasteiger partial charge is 0.272 e. The minimum atomic E-state index is -0.163. The highest BCUT2D eigenvalue weighted by atomic mass is 16.5. The summed E-state index contributed by atoms with van der Waals surface area (Å²) in [5.41, 5.74) is 5.26.